The standard InChI is InChI=1S/C24H28N4O7S.Li/c1-24(2,3)35-23(34)27-16(11-14-7-5-4-6-8-14)20(31)26-15-9-10-18-28(22(15)33)17(13-36-18)21(32)25-12-19(29)30;/h4-10,16-17H,11-13H2,1-3H3,(H,25,32)(H,26,31)(H,27,34)(H,29,30);/q;+1/p-1/t16-,17-;/m0./s1. The first kappa shape index (κ1) is 30.0. The Hall–Kier alpha value is -3.20. The second-order valence-corrected chi connectivity index (χ2v) is 10.1. The smallest absolute Gasteiger partial charge is 0.548 e. The van der Waals surface area contributed by atoms with Gasteiger partial charge in [0, 0.05) is 12.2 Å². The summed E-state index contributed by atoms with van der Waals surface area (Å²) in [7, 11) is 0. The van der Waals surface area contributed by atoms with Crippen molar-refractivity contribution in [3.63, 3.8) is 0 Å². The number of ether oxygens (including phenoxy) is 1. The molecule has 1 aromatic heterocycles. The molecule has 13 heteroatoms. The van der Waals surface area contributed by atoms with Gasteiger partial charge in [0.05, 0.1) is 17.5 Å². The zero-order valence-electron chi connectivity index (χ0n) is 21.0. The number of carbonyl (C=O) groups excluding carboxylic acids is 4. The number of benzene rings is 1. The van der Waals surface area contributed by atoms with Gasteiger partial charge in [-0.05, 0) is 38.5 Å². The van der Waals surface area contributed by atoms with Crippen LogP contribution in [0.25, 0.3) is 0 Å². The Morgan fingerprint density at radius 2 is 1.81 bits per heavy atom. The van der Waals surface area contributed by atoms with Crippen LogP contribution in [0.2, 0.25) is 0 Å². The van der Waals surface area contributed by atoms with Crippen molar-refractivity contribution in [3.05, 3.63) is 58.4 Å². The number of fused-ring (bicyclic) bond motifs is 1. The number of pyridine rings is 1. The van der Waals surface area contributed by atoms with Gasteiger partial charge in [-0.15, -0.1) is 11.8 Å². The molecule has 2 aromatic rings. The van der Waals surface area contributed by atoms with E-state index in [1.807, 2.05) is 6.07 Å². The molecule has 0 unspecified atom stereocenters. The van der Waals surface area contributed by atoms with Gasteiger partial charge in [-0.3, -0.25) is 19.0 Å². The number of hydrogen-bond donors (Lipinski definition) is 3. The number of carbonyl (C=O) groups is 4. The van der Waals surface area contributed by atoms with E-state index in [4.69, 9.17) is 4.74 Å². The summed E-state index contributed by atoms with van der Waals surface area (Å²) in [5.74, 6) is -2.53. The van der Waals surface area contributed by atoms with Crippen LogP contribution >= 0.6 is 11.8 Å². The molecule has 3 amide bonds. The second kappa shape index (κ2) is 12.9. The van der Waals surface area contributed by atoms with Crippen molar-refractivity contribution in [1.82, 2.24) is 15.2 Å². The van der Waals surface area contributed by atoms with Crippen LogP contribution in [-0.4, -0.2) is 52.4 Å². The number of thioether (sulfide) groups is 1. The van der Waals surface area contributed by atoms with Crippen molar-refractivity contribution in [1.29, 1.82) is 0 Å². The van der Waals surface area contributed by atoms with E-state index in [-0.39, 0.29) is 36.7 Å². The van der Waals surface area contributed by atoms with E-state index < -0.39 is 53.7 Å². The number of carboxylic acid groups (broad SMARTS) is 1. The van der Waals surface area contributed by atoms with Crippen molar-refractivity contribution >= 4 is 41.3 Å². The zero-order chi connectivity index (χ0) is 26.5. The molecule has 3 N–H and O–H groups in total. The number of aromatic nitrogens is 1. The second-order valence-electron chi connectivity index (χ2n) is 9.05. The molecule has 37 heavy (non-hydrogen) atoms. The molecule has 1 aromatic carbocycles. The van der Waals surface area contributed by atoms with E-state index in [9.17, 15) is 29.1 Å². The third kappa shape index (κ3) is 8.42. The zero-order valence-corrected chi connectivity index (χ0v) is 21.8. The van der Waals surface area contributed by atoms with Crippen LogP contribution in [0.3, 0.4) is 0 Å². The van der Waals surface area contributed by atoms with Gasteiger partial charge in [0.15, 0.2) is 0 Å². The Balaban J connectivity index is 0.00000481. The minimum absolute atomic E-state index is 0. The summed E-state index contributed by atoms with van der Waals surface area (Å²) in [5, 5.41) is 18.5. The molecule has 1 aliphatic heterocycles. The van der Waals surface area contributed by atoms with E-state index in [2.05, 4.69) is 16.0 Å². The van der Waals surface area contributed by atoms with Crippen molar-refractivity contribution in [2.24, 2.45) is 0 Å². The molecule has 192 valence electrons. The predicted octanol–water partition coefficient (Wildman–Crippen LogP) is -2.56. The molecule has 0 fully saturated rings. The summed E-state index contributed by atoms with van der Waals surface area (Å²) < 4.78 is 6.49. The fourth-order valence-electron chi connectivity index (χ4n) is 3.48. The van der Waals surface area contributed by atoms with Gasteiger partial charge in [0.1, 0.15) is 23.4 Å². The molecule has 0 spiro atoms. The van der Waals surface area contributed by atoms with Crippen LogP contribution in [0.15, 0.2) is 52.3 Å². The molecule has 0 saturated heterocycles. The first-order valence-electron chi connectivity index (χ1n) is 11.1. The van der Waals surface area contributed by atoms with E-state index in [1.165, 1.54) is 22.4 Å². The van der Waals surface area contributed by atoms with Crippen molar-refractivity contribution in [3.8, 4) is 0 Å². The number of aliphatic carboxylic acids is 1. The Labute approximate surface area is 229 Å². The van der Waals surface area contributed by atoms with Crippen LogP contribution in [0.5, 0.6) is 0 Å². The fraction of sp³-hybridized carbons (Fsp3) is 0.375. The number of nitrogens with one attached hydrogen (secondary N) is 3. The van der Waals surface area contributed by atoms with Crippen LogP contribution in [0, 0.1) is 0 Å². The van der Waals surface area contributed by atoms with E-state index in [1.54, 1.807) is 51.1 Å². The van der Waals surface area contributed by atoms with E-state index in [0.29, 0.717) is 5.03 Å². The minimum Gasteiger partial charge on any atom is -0.548 e. The topological polar surface area (TPSA) is 159 Å². The summed E-state index contributed by atoms with van der Waals surface area (Å²) in [6, 6.07) is 10.0. The molecule has 1 aliphatic rings. The molecular formula is C24H27LiN4O7S. The molecular weight excluding hydrogens is 495 g/mol. The SMILES string of the molecule is CC(C)(C)OC(=O)N[C@@H](Cc1ccccc1)C(=O)Nc1ccc2n(c1=O)[C@H](C(=O)NCC(=O)[O-])CS2.[Li+]. The summed E-state index contributed by atoms with van der Waals surface area (Å²) in [6.45, 7) is 4.41. The van der Waals surface area contributed by atoms with Gasteiger partial charge in [-0.2, -0.15) is 0 Å². The van der Waals surface area contributed by atoms with Crippen LogP contribution < -0.4 is 45.5 Å². The van der Waals surface area contributed by atoms with Crippen molar-refractivity contribution < 1.29 is 47.9 Å². The summed E-state index contributed by atoms with van der Waals surface area (Å²) in [4.78, 5) is 61.8. The first-order chi connectivity index (χ1) is 16.9. The quantitative estimate of drug-likeness (QED) is 0.320. The van der Waals surface area contributed by atoms with Gasteiger partial charge in [0.25, 0.3) is 5.56 Å². The minimum atomic E-state index is -1.45. The number of hydrogen-bond acceptors (Lipinski definition) is 8. The number of alkyl carbamates (subject to hydrolysis) is 1. The largest absolute Gasteiger partial charge is 1.00 e. The van der Waals surface area contributed by atoms with Crippen molar-refractivity contribution in [2.45, 2.75) is 49.9 Å². The molecule has 0 aliphatic carbocycles. The van der Waals surface area contributed by atoms with Gasteiger partial charge in [-0.25, -0.2) is 4.79 Å². The Morgan fingerprint density at radius 1 is 1.14 bits per heavy atom. The van der Waals surface area contributed by atoms with Crippen LogP contribution in [0.1, 0.15) is 32.4 Å². The molecule has 3 rings (SSSR count). The summed E-state index contributed by atoms with van der Waals surface area (Å²) >= 11 is 1.25. The molecule has 2 heterocycles. The van der Waals surface area contributed by atoms with Gasteiger partial charge in [0.2, 0.25) is 11.8 Å². The summed E-state index contributed by atoms with van der Waals surface area (Å²) in [6.07, 6.45) is -0.646. The monoisotopic (exact) mass is 522 g/mol. The molecule has 0 bridgehead atoms. The van der Waals surface area contributed by atoms with Gasteiger partial charge >= 0.3 is 25.0 Å². The first-order valence-corrected chi connectivity index (χ1v) is 12.1. The Bertz CT molecular complexity index is 1210. The Morgan fingerprint density at radius 3 is 2.43 bits per heavy atom. The van der Waals surface area contributed by atoms with E-state index in [0.717, 1.165) is 5.56 Å². The number of carboxylic acids is 1. The Kier molecular flexibility index (Phi) is 10.4. The van der Waals surface area contributed by atoms with Crippen molar-refractivity contribution in [2.75, 3.05) is 17.6 Å². The predicted molar refractivity (Wildman–Crippen MR) is 130 cm³/mol. The maximum Gasteiger partial charge on any atom is 1.00 e. The summed E-state index contributed by atoms with van der Waals surface area (Å²) in [5.41, 5.74) is -0.718. The van der Waals surface area contributed by atoms with Crippen LogP contribution in [0.4, 0.5) is 10.5 Å². The number of amides is 3. The molecule has 2 atom stereocenters. The third-order valence-corrected chi connectivity index (χ3v) is 6.15. The van der Waals surface area contributed by atoms with Gasteiger partial charge < -0.3 is 30.6 Å². The number of anilines is 1. The average Bonchev–Trinajstić information content (AvgIpc) is 3.23. The number of rotatable bonds is 8. The molecule has 11 nitrogen and oxygen atoms in total. The van der Waals surface area contributed by atoms with Gasteiger partial charge in [-0.1, -0.05) is 30.3 Å². The van der Waals surface area contributed by atoms with Crippen LogP contribution in [-0.2, 0) is 25.5 Å². The average molecular weight is 523 g/mol. The fourth-order valence-corrected chi connectivity index (χ4v) is 4.62. The maximum atomic E-state index is 13.2. The third-order valence-electron chi connectivity index (χ3n) is 5.04. The maximum absolute atomic E-state index is 13.2. The van der Waals surface area contributed by atoms with E-state index >= 15 is 0 Å². The normalized spacial score (nSPS) is 14.9. The molecule has 0 radical (unpaired) electrons. The molecule has 0 saturated carbocycles. The number of nitrogens with zero attached hydrogens (tertiary/aromatic N) is 1.